The predicted octanol–water partition coefficient (Wildman–Crippen LogP) is 2.86. The molecule has 2 N–H and O–H groups in total. The van der Waals surface area contributed by atoms with Crippen molar-refractivity contribution in [3.63, 3.8) is 0 Å². The lowest BCUT2D eigenvalue weighted by Crippen LogP contribution is -2.69. The van der Waals surface area contributed by atoms with Gasteiger partial charge in [-0.05, 0) is 50.3 Å². The molecule has 3 atom stereocenters. The second kappa shape index (κ2) is 7.47. The summed E-state index contributed by atoms with van der Waals surface area (Å²) in [6.45, 7) is 5.00. The van der Waals surface area contributed by atoms with Crippen molar-refractivity contribution in [3.05, 3.63) is 23.8 Å². The van der Waals surface area contributed by atoms with Crippen molar-refractivity contribution in [2.75, 3.05) is 26.5 Å². The van der Waals surface area contributed by atoms with Gasteiger partial charge in [0, 0.05) is 37.1 Å². The van der Waals surface area contributed by atoms with E-state index in [0.29, 0.717) is 30.3 Å². The minimum absolute atomic E-state index is 0.320. The summed E-state index contributed by atoms with van der Waals surface area (Å²) in [6, 6.07) is 6.66. The second-order valence-corrected chi connectivity index (χ2v) is 8.50. The largest absolute Gasteiger partial charge is 0.454 e. The number of ether oxygens (including phenoxy) is 3. The topological polar surface area (TPSA) is 64.1 Å². The maximum absolute atomic E-state index is 6.11. The summed E-state index contributed by atoms with van der Waals surface area (Å²) in [7, 11) is 0. The van der Waals surface area contributed by atoms with Gasteiger partial charge in [-0.3, -0.25) is 4.99 Å². The summed E-state index contributed by atoms with van der Waals surface area (Å²) >= 11 is 0. The zero-order valence-corrected chi connectivity index (χ0v) is 16.7. The first-order valence-electron chi connectivity index (χ1n) is 10.9. The molecule has 2 saturated carbocycles. The maximum atomic E-state index is 6.11. The van der Waals surface area contributed by atoms with Crippen LogP contribution in [0.5, 0.6) is 11.5 Å². The average Bonchev–Trinajstić information content (AvgIpc) is 3.45. The molecule has 3 unspecified atom stereocenters. The first kappa shape index (κ1) is 18.1. The van der Waals surface area contributed by atoms with Gasteiger partial charge in [0.15, 0.2) is 17.5 Å². The van der Waals surface area contributed by atoms with E-state index < -0.39 is 0 Å². The number of rotatable bonds is 5. The number of aliphatic imine (C=N–C) groups is 1. The Bertz CT molecular complexity index is 745. The molecule has 2 aliphatic heterocycles. The highest BCUT2D eigenvalue weighted by Gasteiger charge is 2.65. The van der Waals surface area contributed by atoms with Crippen LogP contribution in [0.3, 0.4) is 0 Å². The lowest BCUT2D eigenvalue weighted by atomic mass is 9.54. The SMILES string of the molecule is CCNC(=NCCc1ccc2c(c1)OCO2)NC1C2CCOC2C12CCCC2. The van der Waals surface area contributed by atoms with Crippen LogP contribution in [0.25, 0.3) is 0 Å². The van der Waals surface area contributed by atoms with Crippen LogP contribution < -0.4 is 20.1 Å². The predicted molar refractivity (Wildman–Crippen MR) is 108 cm³/mol. The number of benzene rings is 1. The minimum Gasteiger partial charge on any atom is -0.454 e. The molecular formula is C22H31N3O3. The maximum Gasteiger partial charge on any atom is 0.231 e. The summed E-state index contributed by atoms with van der Waals surface area (Å²) in [5, 5.41) is 7.25. The number of hydrogen-bond donors (Lipinski definition) is 2. The van der Waals surface area contributed by atoms with Gasteiger partial charge in [0.25, 0.3) is 0 Å². The molecule has 1 spiro atoms. The third-order valence-corrected chi connectivity index (χ3v) is 7.03. The van der Waals surface area contributed by atoms with Gasteiger partial charge in [0.2, 0.25) is 6.79 Å². The van der Waals surface area contributed by atoms with Crippen molar-refractivity contribution >= 4 is 5.96 Å². The lowest BCUT2D eigenvalue weighted by molar-refractivity contribution is -0.125. The van der Waals surface area contributed by atoms with E-state index in [-0.39, 0.29) is 0 Å². The molecule has 1 saturated heterocycles. The normalized spacial score (nSPS) is 29.6. The highest BCUT2D eigenvalue weighted by molar-refractivity contribution is 5.80. The molecule has 28 heavy (non-hydrogen) atoms. The van der Waals surface area contributed by atoms with Crippen molar-refractivity contribution in [3.8, 4) is 11.5 Å². The zero-order valence-electron chi connectivity index (χ0n) is 16.7. The molecule has 1 aromatic carbocycles. The van der Waals surface area contributed by atoms with Gasteiger partial charge in [0.05, 0.1) is 6.10 Å². The molecule has 5 rings (SSSR count). The molecule has 3 fully saturated rings. The quantitative estimate of drug-likeness (QED) is 0.603. The Morgan fingerprint density at radius 1 is 1.21 bits per heavy atom. The van der Waals surface area contributed by atoms with E-state index in [9.17, 15) is 0 Å². The number of nitrogens with one attached hydrogen (secondary N) is 2. The van der Waals surface area contributed by atoms with E-state index in [1.165, 1.54) is 37.7 Å². The van der Waals surface area contributed by atoms with Crippen molar-refractivity contribution in [2.24, 2.45) is 16.3 Å². The Morgan fingerprint density at radius 3 is 2.93 bits per heavy atom. The van der Waals surface area contributed by atoms with E-state index in [4.69, 9.17) is 19.2 Å². The Labute approximate surface area is 167 Å². The molecule has 1 aromatic rings. The van der Waals surface area contributed by atoms with Gasteiger partial charge in [-0.25, -0.2) is 0 Å². The summed E-state index contributed by atoms with van der Waals surface area (Å²) in [5.41, 5.74) is 1.57. The first-order valence-corrected chi connectivity index (χ1v) is 10.9. The second-order valence-electron chi connectivity index (χ2n) is 8.50. The molecule has 6 nitrogen and oxygen atoms in total. The van der Waals surface area contributed by atoms with Gasteiger partial charge in [-0.1, -0.05) is 18.9 Å². The molecular weight excluding hydrogens is 354 g/mol. The first-order chi connectivity index (χ1) is 13.8. The Balaban J connectivity index is 1.24. The molecule has 6 heteroatoms. The van der Waals surface area contributed by atoms with E-state index in [2.05, 4.69) is 29.7 Å². The highest BCUT2D eigenvalue weighted by atomic mass is 16.7. The number of guanidine groups is 1. The lowest BCUT2D eigenvalue weighted by Gasteiger charge is -2.57. The van der Waals surface area contributed by atoms with Gasteiger partial charge in [-0.15, -0.1) is 0 Å². The van der Waals surface area contributed by atoms with Gasteiger partial charge >= 0.3 is 0 Å². The fraction of sp³-hybridized carbons (Fsp3) is 0.682. The summed E-state index contributed by atoms with van der Waals surface area (Å²) < 4.78 is 17.0. The number of nitrogens with zero attached hydrogens (tertiary/aromatic N) is 1. The van der Waals surface area contributed by atoms with Crippen molar-refractivity contribution < 1.29 is 14.2 Å². The summed E-state index contributed by atoms with van der Waals surface area (Å²) in [6.07, 6.45) is 7.80. The molecule has 0 radical (unpaired) electrons. The molecule has 4 aliphatic rings. The number of fused-ring (bicyclic) bond motifs is 3. The van der Waals surface area contributed by atoms with Crippen LogP contribution >= 0.6 is 0 Å². The van der Waals surface area contributed by atoms with Crippen molar-refractivity contribution in [1.29, 1.82) is 0 Å². The molecule has 152 valence electrons. The van der Waals surface area contributed by atoms with Gasteiger partial charge < -0.3 is 24.8 Å². The van der Waals surface area contributed by atoms with Crippen LogP contribution in [0.15, 0.2) is 23.2 Å². The van der Waals surface area contributed by atoms with E-state index in [1.807, 2.05) is 6.07 Å². The van der Waals surface area contributed by atoms with Crippen LogP contribution in [0.1, 0.15) is 44.6 Å². The van der Waals surface area contributed by atoms with Crippen molar-refractivity contribution in [2.45, 2.75) is 57.6 Å². The summed E-state index contributed by atoms with van der Waals surface area (Å²) in [4.78, 5) is 4.87. The molecule has 0 bridgehead atoms. The Kier molecular flexibility index (Phi) is 4.83. The Hall–Kier alpha value is -1.95. The molecule has 2 aliphatic carbocycles. The van der Waals surface area contributed by atoms with Gasteiger partial charge in [-0.2, -0.15) is 0 Å². The zero-order chi connectivity index (χ0) is 19.0. The highest BCUT2D eigenvalue weighted by Crippen LogP contribution is 2.60. The van der Waals surface area contributed by atoms with Crippen LogP contribution in [0.2, 0.25) is 0 Å². The van der Waals surface area contributed by atoms with E-state index in [1.54, 1.807) is 0 Å². The van der Waals surface area contributed by atoms with Crippen LogP contribution in [0, 0.1) is 11.3 Å². The summed E-state index contributed by atoms with van der Waals surface area (Å²) in [5.74, 6) is 3.28. The monoisotopic (exact) mass is 385 g/mol. The third kappa shape index (κ3) is 3.02. The fourth-order valence-electron chi connectivity index (χ4n) is 5.76. The standard InChI is InChI=1S/C22H31N3O3/c1-2-23-21(24-11-7-15-5-6-17-18(13-15)28-14-27-17)25-19-16-8-12-26-20(16)22(19)9-3-4-10-22/h5-6,13,16,19-20H,2-4,7-12,14H2,1H3,(H2,23,24,25). The Morgan fingerprint density at radius 2 is 2.07 bits per heavy atom. The smallest absolute Gasteiger partial charge is 0.231 e. The number of hydrogen-bond acceptors (Lipinski definition) is 4. The molecule has 0 amide bonds. The third-order valence-electron chi connectivity index (χ3n) is 7.03. The van der Waals surface area contributed by atoms with Crippen LogP contribution in [-0.2, 0) is 11.2 Å². The van der Waals surface area contributed by atoms with Crippen molar-refractivity contribution in [1.82, 2.24) is 10.6 Å². The fourth-order valence-corrected chi connectivity index (χ4v) is 5.76. The van der Waals surface area contributed by atoms with Crippen LogP contribution in [-0.4, -0.2) is 44.6 Å². The average molecular weight is 386 g/mol. The van der Waals surface area contributed by atoms with E-state index >= 15 is 0 Å². The van der Waals surface area contributed by atoms with Gasteiger partial charge in [0.1, 0.15) is 0 Å². The molecule has 2 heterocycles. The van der Waals surface area contributed by atoms with E-state index in [0.717, 1.165) is 43.6 Å². The minimum atomic E-state index is 0.320. The van der Waals surface area contributed by atoms with Crippen LogP contribution in [0.4, 0.5) is 0 Å². The molecule has 0 aromatic heterocycles.